The van der Waals surface area contributed by atoms with Gasteiger partial charge >= 0.3 is 0 Å². The maximum atomic E-state index is 6.06. The third kappa shape index (κ3) is 3.22. The van der Waals surface area contributed by atoms with Crippen molar-refractivity contribution >= 4 is 0 Å². The normalized spacial score (nSPS) is 26.5. The van der Waals surface area contributed by atoms with Gasteiger partial charge in [0.15, 0.2) is 0 Å². The Bertz CT molecular complexity index is 344. The molecule has 2 rings (SSSR count). The van der Waals surface area contributed by atoms with Gasteiger partial charge in [-0.25, -0.2) is 0 Å². The van der Waals surface area contributed by atoms with Crippen LogP contribution in [-0.2, 0) is 0 Å². The zero-order chi connectivity index (χ0) is 12.3. The minimum absolute atomic E-state index is 0.0951. The summed E-state index contributed by atoms with van der Waals surface area (Å²) >= 11 is 0. The molecule has 0 saturated heterocycles. The second kappa shape index (κ2) is 5.54. The monoisotopic (exact) mass is 233 g/mol. The summed E-state index contributed by atoms with van der Waals surface area (Å²) in [5.41, 5.74) is 6.99. The van der Waals surface area contributed by atoms with Gasteiger partial charge in [0.2, 0.25) is 0 Å². The topological polar surface area (TPSA) is 35.2 Å². The highest BCUT2D eigenvalue weighted by molar-refractivity contribution is 5.29. The van der Waals surface area contributed by atoms with E-state index >= 15 is 0 Å². The van der Waals surface area contributed by atoms with E-state index in [-0.39, 0.29) is 6.04 Å². The number of nitrogens with two attached hydrogens (primary N) is 1. The number of benzene rings is 1. The standard InChI is InChI=1S/C15H23NO/c1-11-5-3-4-6-15(11)17-14-9-7-13(8-10-14)12(2)16/h7-12,15H,3-6,16H2,1-2H3/t11?,12-,15?/m0/s1. The van der Waals surface area contributed by atoms with Gasteiger partial charge in [-0.05, 0) is 49.8 Å². The zero-order valence-electron chi connectivity index (χ0n) is 10.9. The summed E-state index contributed by atoms with van der Waals surface area (Å²) in [6, 6.07) is 8.30. The molecule has 2 heteroatoms. The third-order valence-electron chi connectivity index (χ3n) is 3.73. The van der Waals surface area contributed by atoms with Gasteiger partial charge in [-0.2, -0.15) is 0 Å². The fraction of sp³-hybridized carbons (Fsp3) is 0.600. The quantitative estimate of drug-likeness (QED) is 0.864. The van der Waals surface area contributed by atoms with E-state index in [2.05, 4.69) is 19.1 Å². The first kappa shape index (κ1) is 12.4. The van der Waals surface area contributed by atoms with Crippen molar-refractivity contribution in [2.24, 2.45) is 11.7 Å². The lowest BCUT2D eigenvalue weighted by Gasteiger charge is -2.29. The highest BCUT2D eigenvalue weighted by atomic mass is 16.5. The van der Waals surface area contributed by atoms with E-state index in [1.807, 2.05) is 19.1 Å². The lowest BCUT2D eigenvalue weighted by atomic mass is 9.88. The van der Waals surface area contributed by atoms with Gasteiger partial charge in [-0.3, -0.25) is 0 Å². The first-order valence-electron chi connectivity index (χ1n) is 6.69. The van der Waals surface area contributed by atoms with Crippen LogP contribution in [0.5, 0.6) is 5.75 Å². The summed E-state index contributed by atoms with van der Waals surface area (Å²) in [6.45, 7) is 4.29. The van der Waals surface area contributed by atoms with E-state index in [9.17, 15) is 0 Å². The predicted octanol–water partition coefficient (Wildman–Crippen LogP) is 3.66. The number of rotatable bonds is 3. The Morgan fingerprint density at radius 1 is 1.18 bits per heavy atom. The fourth-order valence-corrected chi connectivity index (χ4v) is 2.48. The third-order valence-corrected chi connectivity index (χ3v) is 3.73. The Kier molecular flexibility index (Phi) is 4.06. The van der Waals surface area contributed by atoms with E-state index < -0.39 is 0 Å². The maximum absolute atomic E-state index is 6.06. The van der Waals surface area contributed by atoms with Gasteiger partial charge in [-0.1, -0.05) is 25.5 Å². The molecule has 2 nitrogen and oxygen atoms in total. The zero-order valence-corrected chi connectivity index (χ0v) is 10.9. The van der Waals surface area contributed by atoms with Crippen LogP contribution >= 0.6 is 0 Å². The van der Waals surface area contributed by atoms with Gasteiger partial charge in [-0.15, -0.1) is 0 Å². The summed E-state index contributed by atoms with van der Waals surface area (Å²) in [5.74, 6) is 1.66. The van der Waals surface area contributed by atoms with Crippen LogP contribution in [0.3, 0.4) is 0 Å². The SMILES string of the molecule is CC1CCCCC1Oc1ccc([C@H](C)N)cc1. The lowest BCUT2D eigenvalue weighted by molar-refractivity contribution is 0.102. The molecule has 0 heterocycles. The summed E-state index contributed by atoms with van der Waals surface area (Å²) in [7, 11) is 0. The molecule has 1 aliphatic carbocycles. The second-order valence-electron chi connectivity index (χ2n) is 5.28. The van der Waals surface area contributed by atoms with Crippen LogP contribution in [0.2, 0.25) is 0 Å². The molecule has 1 aromatic carbocycles. The highest BCUT2D eigenvalue weighted by Crippen LogP contribution is 2.28. The van der Waals surface area contributed by atoms with Crippen molar-refractivity contribution in [3.8, 4) is 5.75 Å². The van der Waals surface area contributed by atoms with Crippen LogP contribution in [0.4, 0.5) is 0 Å². The molecule has 0 radical (unpaired) electrons. The summed E-state index contributed by atoms with van der Waals surface area (Å²) < 4.78 is 6.06. The summed E-state index contributed by atoms with van der Waals surface area (Å²) in [6.07, 6.45) is 5.53. The van der Waals surface area contributed by atoms with Crippen LogP contribution in [0.1, 0.15) is 51.1 Å². The van der Waals surface area contributed by atoms with E-state index in [1.165, 1.54) is 25.7 Å². The molecule has 17 heavy (non-hydrogen) atoms. The van der Waals surface area contributed by atoms with Crippen molar-refractivity contribution in [3.63, 3.8) is 0 Å². The highest BCUT2D eigenvalue weighted by Gasteiger charge is 2.22. The first-order valence-corrected chi connectivity index (χ1v) is 6.69. The molecule has 1 aromatic rings. The van der Waals surface area contributed by atoms with Crippen molar-refractivity contribution in [2.45, 2.75) is 51.7 Å². The average molecular weight is 233 g/mol. The molecule has 94 valence electrons. The van der Waals surface area contributed by atoms with Gasteiger partial charge in [0.1, 0.15) is 11.9 Å². The van der Waals surface area contributed by atoms with E-state index in [4.69, 9.17) is 10.5 Å². The average Bonchev–Trinajstić information content (AvgIpc) is 2.33. The Balaban J connectivity index is 1.98. The minimum atomic E-state index is 0.0951. The van der Waals surface area contributed by atoms with Crippen molar-refractivity contribution in [1.29, 1.82) is 0 Å². The molecule has 3 atom stereocenters. The van der Waals surface area contributed by atoms with Crippen molar-refractivity contribution in [2.75, 3.05) is 0 Å². The molecule has 2 N–H and O–H groups in total. The van der Waals surface area contributed by atoms with E-state index in [1.54, 1.807) is 0 Å². The van der Waals surface area contributed by atoms with E-state index in [0.717, 1.165) is 11.3 Å². The van der Waals surface area contributed by atoms with Crippen LogP contribution in [0.25, 0.3) is 0 Å². The summed E-state index contributed by atoms with van der Waals surface area (Å²) in [5, 5.41) is 0. The lowest BCUT2D eigenvalue weighted by Crippen LogP contribution is -2.28. The largest absolute Gasteiger partial charge is 0.490 e. The molecule has 0 spiro atoms. The van der Waals surface area contributed by atoms with Crippen LogP contribution < -0.4 is 10.5 Å². The van der Waals surface area contributed by atoms with Gasteiger partial charge in [0.25, 0.3) is 0 Å². The van der Waals surface area contributed by atoms with Crippen LogP contribution in [0, 0.1) is 5.92 Å². The Labute approximate surface area is 104 Å². The minimum Gasteiger partial charge on any atom is -0.490 e. The fourth-order valence-electron chi connectivity index (χ4n) is 2.48. The predicted molar refractivity (Wildman–Crippen MR) is 71.1 cm³/mol. The van der Waals surface area contributed by atoms with Crippen molar-refractivity contribution in [3.05, 3.63) is 29.8 Å². The molecule has 0 amide bonds. The van der Waals surface area contributed by atoms with Gasteiger partial charge < -0.3 is 10.5 Å². The second-order valence-corrected chi connectivity index (χ2v) is 5.28. The Morgan fingerprint density at radius 3 is 2.41 bits per heavy atom. The van der Waals surface area contributed by atoms with Crippen molar-refractivity contribution < 1.29 is 4.74 Å². The van der Waals surface area contributed by atoms with Crippen LogP contribution in [0.15, 0.2) is 24.3 Å². The number of hydrogen-bond acceptors (Lipinski definition) is 2. The first-order chi connectivity index (χ1) is 8.16. The summed E-state index contributed by atoms with van der Waals surface area (Å²) in [4.78, 5) is 0. The van der Waals surface area contributed by atoms with Crippen molar-refractivity contribution in [1.82, 2.24) is 0 Å². The smallest absolute Gasteiger partial charge is 0.119 e. The number of ether oxygens (including phenoxy) is 1. The molecule has 0 aromatic heterocycles. The molecular formula is C15H23NO. The number of hydrogen-bond donors (Lipinski definition) is 1. The van der Waals surface area contributed by atoms with E-state index in [0.29, 0.717) is 12.0 Å². The molecule has 1 aliphatic rings. The molecule has 1 fully saturated rings. The van der Waals surface area contributed by atoms with Gasteiger partial charge in [0.05, 0.1) is 0 Å². The maximum Gasteiger partial charge on any atom is 0.119 e. The Morgan fingerprint density at radius 2 is 1.82 bits per heavy atom. The van der Waals surface area contributed by atoms with Gasteiger partial charge in [0, 0.05) is 6.04 Å². The molecular weight excluding hydrogens is 210 g/mol. The molecule has 0 aliphatic heterocycles. The molecule has 2 unspecified atom stereocenters. The Hall–Kier alpha value is -1.02. The van der Waals surface area contributed by atoms with Crippen LogP contribution in [-0.4, -0.2) is 6.10 Å². The molecule has 1 saturated carbocycles. The molecule has 0 bridgehead atoms.